The summed E-state index contributed by atoms with van der Waals surface area (Å²) < 4.78 is 1.87. The highest BCUT2D eigenvalue weighted by Crippen LogP contribution is 2.28. The third-order valence-electron chi connectivity index (χ3n) is 5.20. The van der Waals surface area contributed by atoms with Gasteiger partial charge in [0.2, 0.25) is 0 Å². The zero-order valence-corrected chi connectivity index (χ0v) is 16.0. The molecule has 1 aliphatic carbocycles. The molecule has 2 N–H and O–H groups in total. The molecular weight excluding hydrogens is 358 g/mol. The standard InChI is InChI=1S/C21H21N3O2S/c1-2-24-20(26)16-11-10-14(12-18(16)23-21(24)27)19(25)22-17-9-5-7-13-6-3-4-8-15(13)17/h5,7,9-12H,2-4,6,8H2,1H3,(H,22,25)(H,23,27). The summed E-state index contributed by atoms with van der Waals surface area (Å²) >= 11 is 5.25. The quantitative estimate of drug-likeness (QED) is 0.670. The van der Waals surface area contributed by atoms with Crippen LogP contribution in [0.15, 0.2) is 41.2 Å². The van der Waals surface area contributed by atoms with Crippen molar-refractivity contribution in [3.63, 3.8) is 0 Å². The van der Waals surface area contributed by atoms with E-state index in [1.165, 1.54) is 22.1 Å². The van der Waals surface area contributed by atoms with E-state index in [9.17, 15) is 9.59 Å². The summed E-state index contributed by atoms with van der Waals surface area (Å²) in [5.41, 5.74) is 4.38. The van der Waals surface area contributed by atoms with Gasteiger partial charge in [-0.1, -0.05) is 12.1 Å². The smallest absolute Gasteiger partial charge is 0.262 e. The van der Waals surface area contributed by atoms with Gasteiger partial charge in [-0.15, -0.1) is 0 Å². The minimum Gasteiger partial charge on any atom is -0.332 e. The maximum absolute atomic E-state index is 12.8. The Morgan fingerprint density at radius 2 is 2.04 bits per heavy atom. The Morgan fingerprint density at radius 3 is 2.85 bits per heavy atom. The first kappa shape index (κ1) is 17.7. The van der Waals surface area contributed by atoms with E-state index >= 15 is 0 Å². The monoisotopic (exact) mass is 379 g/mol. The molecule has 0 fully saturated rings. The fraction of sp³-hybridized carbons (Fsp3) is 0.286. The number of nitrogens with one attached hydrogen (secondary N) is 2. The largest absolute Gasteiger partial charge is 0.332 e. The number of rotatable bonds is 3. The van der Waals surface area contributed by atoms with E-state index in [0.29, 0.717) is 27.8 Å². The molecule has 1 aliphatic rings. The SMILES string of the molecule is CCn1c(=S)[nH]c2cc(C(=O)Nc3cccc4c3CCCC4)ccc2c1=O. The maximum atomic E-state index is 12.8. The maximum Gasteiger partial charge on any atom is 0.262 e. The number of hydrogen-bond acceptors (Lipinski definition) is 3. The van der Waals surface area contributed by atoms with E-state index in [-0.39, 0.29) is 11.5 Å². The van der Waals surface area contributed by atoms with Crippen LogP contribution in [0.3, 0.4) is 0 Å². The number of hydrogen-bond donors (Lipinski definition) is 2. The van der Waals surface area contributed by atoms with Crippen LogP contribution in [0.25, 0.3) is 10.9 Å². The predicted molar refractivity (Wildman–Crippen MR) is 110 cm³/mol. The molecule has 6 heteroatoms. The fourth-order valence-corrected chi connectivity index (χ4v) is 4.10. The van der Waals surface area contributed by atoms with Crippen LogP contribution in [0.5, 0.6) is 0 Å². The highest BCUT2D eigenvalue weighted by molar-refractivity contribution is 7.71. The van der Waals surface area contributed by atoms with Crippen molar-refractivity contribution < 1.29 is 4.79 Å². The van der Waals surface area contributed by atoms with Crippen molar-refractivity contribution in [2.24, 2.45) is 0 Å². The second kappa shape index (κ2) is 7.12. The van der Waals surface area contributed by atoms with E-state index in [4.69, 9.17) is 12.2 Å². The van der Waals surface area contributed by atoms with Crippen molar-refractivity contribution in [2.75, 3.05) is 5.32 Å². The van der Waals surface area contributed by atoms with Gasteiger partial charge in [0.05, 0.1) is 10.9 Å². The van der Waals surface area contributed by atoms with Crippen LogP contribution in [-0.2, 0) is 19.4 Å². The lowest BCUT2D eigenvalue weighted by atomic mass is 9.90. The first-order chi connectivity index (χ1) is 13.1. The molecule has 1 aromatic heterocycles. The number of aromatic amines is 1. The second-order valence-corrected chi connectivity index (χ2v) is 7.23. The van der Waals surface area contributed by atoms with Crippen molar-refractivity contribution in [2.45, 2.75) is 39.2 Å². The molecular formula is C21H21N3O2S. The third-order valence-corrected chi connectivity index (χ3v) is 5.53. The molecule has 138 valence electrons. The van der Waals surface area contributed by atoms with Crippen LogP contribution in [-0.4, -0.2) is 15.5 Å². The Kier molecular flexibility index (Phi) is 4.66. The molecule has 3 aromatic rings. The zero-order valence-electron chi connectivity index (χ0n) is 15.2. The summed E-state index contributed by atoms with van der Waals surface area (Å²) in [6.45, 7) is 2.38. The Labute approximate surface area is 162 Å². The summed E-state index contributed by atoms with van der Waals surface area (Å²) in [5, 5.41) is 3.57. The lowest BCUT2D eigenvalue weighted by Gasteiger charge is -2.19. The van der Waals surface area contributed by atoms with Crippen LogP contribution in [0.2, 0.25) is 0 Å². The lowest BCUT2D eigenvalue weighted by Crippen LogP contribution is -2.21. The molecule has 0 spiro atoms. The number of H-pyrrole nitrogens is 1. The summed E-state index contributed by atoms with van der Waals surface area (Å²) in [4.78, 5) is 28.3. The van der Waals surface area contributed by atoms with Crippen molar-refractivity contribution in [1.29, 1.82) is 0 Å². The average molecular weight is 379 g/mol. The van der Waals surface area contributed by atoms with Crippen molar-refractivity contribution in [3.05, 3.63) is 68.2 Å². The van der Waals surface area contributed by atoms with E-state index in [0.717, 1.165) is 24.9 Å². The fourth-order valence-electron chi connectivity index (χ4n) is 3.78. The van der Waals surface area contributed by atoms with Gasteiger partial charge in [-0.25, -0.2) is 0 Å². The van der Waals surface area contributed by atoms with Gasteiger partial charge in [0, 0.05) is 17.8 Å². The van der Waals surface area contributed by atoms with E-state index in [1.807, 2.05) is 19.1 Å². The van der Waals surface area contributed by atoms with Crippen molar-refractivity contribution in [3.8, 4) is 0 Å². The molecule has 0 bridgehead atoms. The first-order valence-corrected chi connectivity index (χ1v) is 9.68. The van der Waals surface area contributed by atoms with Gasteiger partial charge in [-0.2, -0.15) is 0 Å². The van der Waals surface area contributed by atoms with Gasteiger partial charge in [-0.05, 0) is 80.2 Å². The van der Waals surface area contributed by atoms with E-state index < -0.39 is 0 Å². The molecule has 5 nitrogen and oxygen atoms in total. The number of amides is 1. The summed E-state index contributed by atoms with van der Waals surface area (Å²) in [6.07, 6.45) is 4.40. The molecule has 0 aliphatic heterocycles. The number of anilines is 1. The number of carbonyl (C=O) groups excluding carboxylic acids is 1. The van der Waals surface area contributed by atoms with Crippen LogP contribution >= 0.6 is 12.2 Å². The average Bonchev–Trinajstić information content (AvgIpc) is 2.68. The van der Waals surface area contributed by atoms with E-state index in [2.05, 4.69) is 16.4 Å². The molecule has 1 amide bonds. The highest BCUT2D eigenvalue weighted by Gasteiger charge is 2.16. The summed E-state index contributed by atoms with van der Waals surface area (Å²) in [6, 6.07) is 11.1. The molecule has 0 saturated heterocycles. The number of carbonyl (C=O) groups is 1. The Bertz CT molecular complexity index is 1160. The summed E-state index contributed by atoms with van der Waals surface area (Å²) in [7, 11) is 0. The first-order valence-electron chi connectivity index (χ1n) is 9.27. The minimum atomic E-state index is -0.185. The number of fused-ring (bicyclic) bond motifs is 2. The molecule has 27 heavy (non-hydrogen) atoms. The summed E-state index contributed by atoms with van der Waals surface area (Å²) in [5.74, 6) is -0.185. The van der Waals surface area contributed by atoms with Crippen molar-refractivity contribution in [1.82, 2.24) is 9.55 Å². The highest BCUT2D eigenvalue weighted by atomic mass is 32.1. The third kappa shape index (κ3) is 3.21. The normalized spacial score (nSPS) is 13.4. The lowest BCUT2D eigenvalue weighted by molar-refractivity contribution is 0.102. The molecule has 0 atom stereocenters. The van der Waals surface area contributed by atoms with Gasteiger partial charge in [0.25, 0.3) is 11.5 Å². The molecule has 4 rings (SSSR count). The predicted octanol–water partition coefficient (Wildman–Crippen LogP) is 4.21. The van der Waals surface area contributed by atoms with Crippen molar-refractivity contribution >= 4 is 34.7 Å². The van der Waals surface area contributed by atoms with Gasteiger partial charge in [0.15, 0.2) is 4.77 Å². The number of aromatic nitrogens is 2. The Balaban J connectivity index is 1.70. The van der Waals surface area contributed by atoms with Crippen LogP contribution in [0, 0.1) is 4.77 Å². The number of benzene rings is 2. The van der Waals surface area contributed by atoms with Gasteiger partial charge in [-0.3, -0.25) is 14.2 Å². The Morgan fingerprint density at radius 1 is 1.22 bits per heavy atom. The number of nitrogens with zero attached hydrogens (tertiary/aromatic N) is 1. The molecule has 0 radical (unpaired) electrons. The van der Waals surface area contributed by atoms with Gasteiger partial charge >= 0.3 is 0 Å². The molecule has 1 heterocycles. The minimum absolute atomic E-state index is 0.139. The molecule has 0 saturated carbocycles. The molecule has 2 aromatic carbocycles. The number of aryl methyl sites for hydroxylation is 1. The van der Waals surface area contributed by atoms with Crippen LogP contribution < -0.4 is 10.9 Å². The van der Waals surface area contributed by atoms with Gasteiger partial charge in [0.1, 0.15) is 0 Å². The molecule has 0 unspecified atom stereocenters. The topological polar surface area (TPSA) is 66.9 Å². The second-order valence-electron chi connectivity index (χ2n) is 6.84. The van der Waals surface area contributed by atoms with Crippen LogP contribution in [0.1, 0.15) is 41.3 Å². The Hall–Kier alpha value is -2.73. The van der Waals surface area contributed by atoms with Crippen LogP contribution in [0.4, 0.5) is 5.69 Å². The van der Waals surface area contributed by atoms with E-state index in [1.54, 1.807) is 18.2 Å². The zero-order chi connectivity index (χ0) is 19.0. The van der Waals surface area contributed by atoms with Gasteiger partial charge < -0.3 is 10.3 Å².